The second kappa shape index (κ2) is 7.89. The van der Waals surface area contributed by atoms with E-state index in [9.17, 15) is 13.2 Å². The van der Waals surface area contributed by atoms with Crippen LogP contribution in [0.4, 0.5) is 13.2 Å². The van der Waals surface area contributed by atoms with Gasteiger partial charge in [-0.2, -0.15) is 13.2 Å². The third-order valence-corrected chi connectivity index (χ3v) is 3.04. The maximum atomic E-state index is 12.3. The van der Waals surface area contributed by atoms with Gasteiger partial charge in [0.05, 0.1) is 0 Å². The van der Waals surface area contributed by atoms with Crippen molar-refractivity contribution >= 4 is 24.2 Å². The molecule has 7 heteroatoms. The van der Waals surface area contributed by atoms with E-state index in [4.69, 9.17) is 10.8 Å². The van der Waals surface area contributed by atoms with Gasteiger partial charge in [0, 0.05) is 17.5 Å². The summed E-state index contributed by atoms with van der Waals surface area (Å²) in [6.45, 7) is -0.0116. The van der Waals surface area contributed by atoms with Crippen molar-refractivity contribution in [1.82, 2.24) is 0 Å². The normalized spacial score (nSPS) is 12.9. The summed E-state index contributed by atoms with van der Waals surface area (Å²) in [5, 5.41) is 8.68. The van der Waals surface area contributed by atoms with Gasteiger partial charge < -0.3 is 10.8 Å². The molecule has 2 nitrogen and oxygen atoms in total. The van der Waals surface area contributed by atoms with Gasteiger partial charge in [0.2, 0.25) is 0 Å². The summed E-state index contributed by atoms with van der Waals surface area (Å²) in [7, 11) is 0. The highest BCUT2D eigenvalue weighted by Crippen LogP contribution is 2.40. The van der Waals surface area contributed by atoms with E-state index in [1.807, 2.05) is 0 Å². The third-order valence-electron chi connectivity index (χ3n) is 2.22. The van der Waals surface area contributed by atoms with Crippen LogP contribution in [0.2, 0.25) is 0 Å². The average Bonchev–Trinajstić information content (AvgIpc) is 2.24. The topological polar surface area (TPSA) is 46.2 Å². The molecular formula is C11H15ClF3NOS. The van der Waals surface area contributed by atoms with Crippen molar-refractivity contribution in [3.8, 4) is 0 Å². The van der Waals surface area contributed by atoms with Crippen LogP contribution in [-0.4, -0.2) is 17.2 Å². The Morgan fingerprint density at radius 2 is 1.89 bits per heavy atom. The largest absolute Gasteiger partial charge is 0.446 e. The molecule has 0 aromatic heterocycles. The monoisotopic (exact) mass is 301 g/mol. The van der Waals surface area contributed by atoms with Crippen LogP contribution in [0.1, 0.15) is 24.4 Å². The Hall–Kier alpha value is -0.430. The lowest BCUT2D eigenvalue weighted by Crippen LogP contribution is -2.13. The van der Waals surface area contributed by atoms with Gasteiger partial charge in [-0.15, -0.1) is 12.4 Å². The van der Waals surface area contributed by atoms with Crippen LogP contribution in [0, 0.1) is 0 Å². The molecule has 0 saturated heterocycles. The van der Waals surface area contributed by atoms with E-state index in [0.717, 1.165) is 0 Å². The van der Waals surface area contributed by atoms with Gasteiger partial charge in [-0.3, -0.25) is 0 Å². The molecule has 0 bridgehead atoms. The maximum absolute atomic E-state index is 12.3. The van der Waals surface area contributed by atoms with Crippen LogP contribution in [0.15, 0.2) is 29.2 Å². The van der Waals surface area contributed by atoms with Crippen LogP contribution in [0.5, 0.6) is 0 Å². The quantitative estimate of drug-likeness (QED) is 0.818. The molecule has 0 spiro atoms. The minimum absolute atomic E-state index is 0. The SMILES string of the molecule is Cl.N[C@H](CCCO)c1ccccc1SC(F)(F)F. The first-order valence-corrected chi connectivity index (χ1v) is 5.97. The summed E-state index contributed by atoms with van der Waals surface area (Å²) < 4.78 is 37.0. The van der Waals surface area contributed by atoms with Crippen molar-refractivity contribution in [3.63, 3.8) is 0 Å². The smallest absolute Gasteiger partial charge is 0.396 e. The van der Waals surface area contributed by atoms with Gasteiger partial charge in [0.15, 0.2) is 0 Å². The van der Waals surface area contributed by atoms with Crippen molar-refractivity contribution in [2.45, 2.75) is 29.3 Å². The minimum atomic E-state index is -4.31. The molecule has 1 aromatic carbocycles. The lowest BCUT2D eigenvalue weighted by molar-refractivity contribution is -0.0328. The van der Waals surface area contributed by atoms with E-state index in [0.29, 0.717) is 18.4 Å². The van der Waals surface area contributed by atoms with Gasteiger partial charge >= 0.3 is 5.51 Å². The lowest BCUT2D eigenvalue weighted by Gasteiger charge is -2.16. The Labute approximate surface area is 114 Å². The molecule has 0 unspecified atom stereocenters. The molecule has 0 aliphatic heterocycles. The molecule has 0 aliphatic rings. The number of aliphatic hydroxyl groups excluding tert-OH is 1. The summed E-state index contributed by atoms with van der Waals surface area (Å²) >= 11 is -0.153. The Morgan fingerprint density at radius 3 is 2.44 bits per heavy atom. The van der Waals surface area contributed by atoms with E-state index >= 15 is 0 Å². The number of alkyl halides is 3. The first kappa shape index (κ1) is 17.6. The van der Waals surface area contributed by atoms with E-state index in [1.165, 1.54) is 6.07 Å². The van der Waals surface area contributed by atoms with Crippen molar-refractivity contribution < 1.29 is 18.3 Å². The van der Waals surface area contributed by atoms with Gasteiger partial charge in [-0.25, -0.2) is 0 Å². The summed E-state index contributed by atoms with van der Waals surface area (Å²) in [5.41, 5.74) is 1.97. The molecule has 1 atom stereocenters. The Morgan fingerprint density at radius 1 is 1.28 bits per heavy atom. The van der Waals surface area contributed by atoms with Crippen LogP contribution >= 0.6 is 24.2 Å². The van der Waals surface area contributed by atoms with Gasteiger partial charge in [0.25, 0.3) is 0 Å². The molecule has 104 valence electrons. The van der Waals surface area contributed by atoms with Gasteiger partial charge in [-0.05, 0) is 36.2 Å². The number of hydrogen-bond acceptors (Lipinski definition) is 3. The van der Waals surface area contributed by atoms with E-state index in [1.54, 1.807) is 18.2 Å². The average molecular weight is 302 g/mol. The number of aliphatic hydroxyl groups is 1. The lowest BCUT2D eigenvalue weighted by atomic mass is 10.0. The van der Waals surface area contributed by atoms with Gasteiger partial charge in [-0.1, -0.05) is 18.2 Å². The first-order chi connectivity index (χ1) is 7.94. The van der Waals surface area contributed by atoms with Crippen molar-refractivity contribution in [2.75, 3.05) is 6.61 Å². The zero-order valence-electron chi connectivity index (χ0n) is 9.48. The summed E-state index contributed by atoms with van der Waals surface area (Å²) in [4.78, 5) is 0.130. The minimum Gasteiger partial charge on any atom is -0.396 e. The van der Waals surface area contributed by atoms with E-state index in [-0.39, 0.29) is 35.7 Å². The van der Waals surface area contributed by atoms with Crippen LogP contribution < -0.4 is 5.73 Å². The molecule has 3 N–H and O–H groups in total. The molecule has 18 heavy (non-hydrogen) atoms. The van der Waals surface area contributed by atoms with E-state index in [2.05, 4.69) is 0 Å². The Kier molecular flexibility index (Phi) is 7.70. The number of halogens is 4. The van der Waals surface area contributed by atoms with E-state index < -0.39 is 11.6 Å². The third kappa shape index (κ3) is 5.95. The number of hydrogen-bond donors (Lipinski definition) is 2. The highest BCUT2D eigenvalue weighted by molar-refractivity contribution is 8.00. The number of nitrogens with two attached hydrogens (primary N) is 1. The van der Waals surface area contributed by atoms with Crippen LogP contribution in [-0.2, 0) is 0 Å². The molecule has 0 amide bonds. The Balaban J connectivity index is 0.00000289. The number of thioether (sulfide) groups is 1. The summed E-state index contributed by atoms with van der Waals surface area (Å²) in [5.74, 6) is 0. The molecular weight excluding hydrogens is 287 g/mol. The van der Waals surface area contributed by atoms with Crippen LogP contribution in [0.3, 0.4) is 0 Å². The molecule has 1 rings (SSSR count). The highest BCUT2D eigenvalue weighted by atomic mass is 35.5. The molecule has 0 heterocycles. The fraction of sp³-hybridized carbons (Fsp3) is 0.455. The van der Waals surface area contributed by atoms with Gasteiger partial charge in [0.1, 0.15) is 0 Å². The van der Waals surface area contributed by atoms with Crippen molar-refractivity contribution in [1.29, 1.82) is 0 Å². The second-order valence-corrected chi connectivity index (χ2v) is 4.66. The zero-order chi connectivity index (χ0) is 12.9. The standard InChI is InChI=1S/C11H14F3NOS.ClH/c12-11(13,14)17-10-6-2-1-4-8(10)9(15)5-3-7-16;/h1-2,4,6,9,16H,3,5,7,15H2;1H/t9-;/m1./s1. The van der Waals surface area contributed by atoms with Crippen molar-refractivity contribution in [3.05, 3.63) is 29.8 Å². The fourth-order valence-corrected chi connectivity index (χ4v) is 2.20. The molecule has 0 fully saturated rings. The summed E-state index contributed by atoms with van der Waals surface area (Å²) in [6.07, 6.45) is 0.943. The summed E-state index contributed by atoms with van der Waals surface area (Å²) in [6, 6.07) is 5.74. The Bertz CT molecular complexity index is 362. The predicted octanol–water partition coefficient (Wildman–Crippen LogP) is 3.49. The fourth-order valence-electron chi connectivity index (χ4n) is 1.47. The number of benzene rings is 1. The second-order valence-electron chi connectivity index (χ2n) is 3.56. The molecule has 1 aromatic rings. The van der Waals surface area contributed by atoms with Crippen molar-refractivity contribution in [2.24, 2.45) is 5.73 Å². The molecule has 0 aliphatic carbocycles. The zero-order valence-corrected chi connectivity index (χ0v) is 11.1. The maximum Gasteiger partial charge on any atom is 0.446 e. The molecule has 0 saturated carbocycles. The first-order valence-electron chi connectivity index (χ1n) is 5.15. The molecule has 0 radical (unpaired) electrons. The highest BCUT2D eigenvalue weighted by Gasteiger charge is 2.30. The predicted molar refractivity (Wildman–Crippen MR) is 68.9 cm³/mol. The number of rotatable bonds is 5. The van der Waals surface area contributed by atoms with Crippen LogP contribution in [0.25, 0.3) is 0 Å².